The molecule has 1 aromatic heterocycles. The van der Waals surface area contributed by atoms with Crippen LogP contribution in [0.2, 0.25) is 0 Å². The van der Waals surface area contributed by atoms with Crippen LogP contribution >= 0.6 is 0 Å². The third kappa shape index (κ3) is 3.53. The van der Waals surface area contributed by atoms with Crippen molar-refractivity contribution in [2.45, 2.75) is 5.75 Å². The van der Waals surface area contributed by atoms with Crippen molar-refractivity contribution in [3.63, 3.8) is 0 Å². The average Bonchev–Trinajstić information content (AvgIpc) is 3.02. The summed E-state index contributed by atoms with van der Waals surface area (Å²) in [7, 11) is -3.45. The molecule has 0 aliphatic heterocycles. The number of nitrogens with one attached hydrogen (secondary N) is 1. The van der Waals surface area contributed by atoms with Crippen molar-refractivity contribution in [1.82, 2.24) is 9.78 Å². The summed E-state index contributed by atoms with van der Waals surface area (Å²) in [5.41, 5.74) is 2.06. The Balaban J connectivity index is 1.79. The van der Waals surface area contributed by atoms with Crippen LogP contribution < -0.4 is 4.72 Å². The number of sulfonamides is 1. The van der Waals surface area contributed by atoms with Crippen molar-refractivity contribution >= 4 is 15.7 Å². The highest BCUT2D eigenvalue weighted by Crippen LogP contribution is 2.16. The number of hydrogen-bond donors (Lipinski definition) is 1. The van der Waals surface area contributed by atoms with Crippen molar-refractivity contribution < 1.29 is 8.42 Å². The summed E-state index contributed by atoms with van der Waals surface area (Å²) in [6.45, 7) is 0. The molecule has 3 rings (SSSR count). The lowest BCUT2D eigenvalue weighted by Crippen LogP contribution is -2.15. The second-order valence-electron chi connectivity index (χ2n) is 4.85. The van der Waals surface area contributed by atoms with Gasteiger partial charge in [-0.3, -0.25) is 4.72 Å². The van der Waals surface area contributed by atoms with E-state index < -0.39 is 10.0 Å². The van der Waals surface area contributed by atoms with Gasteiger partial charge in [0.1, 0.15) is 0 Å². The van der Waals surface area contributed by atoms with E-state index in [9.17, 15) is 8.42 Å². The quantitative estimate of drug-likeness (QED) is 0.788. The molecule has 1 N–H and O–H groups in total. The average molecular weight is 313 g/mol. The summed E-state index contributed by atoms with van der Waals surface area (Å²) in [5, 5.41) is 4.13. The summed E-state index contributed by atoms with van der Waals surface area (Å²) in [6, 6.07) is 18.0. The molecule has 0 saturated heterocycles. The van der Waals surface area contributed by atoms with E-state index in [-0.39, 0.29) is 5.75 Å². The molecule has 1 heterocycles. The molecule has 0 aliphatic rings. The first kappa shape index (κ1) is 14.3. The van der Waals surface area contributed by atoms with Crippen molar-refractivity contribution in [2.24, 2.45) is 0 Å². The predicted octanol–water partition coefficient (Wildman–Crippen LogP) is 2.81. The van der Waals surface area contributed by atoms with Crippen molar-refractivity contribution in [1.29, 1.82) is 0 Å². The van der Waals surface area contributed by atoms with Gasteiger partial charge in [-0.05, 0) is 29.8 Å². The van der Waals surface area contributed by atoms with Crippen LogP contribution in [0.5, 0.6) is 0 Å². The van der Waals surface area contributed by atoms with Gasteiger partial charge in [-0.2, -0.15) is 5.10 Å². The molecule has 3 aromatic rings. The summed E-state index contributed by atoms with van der Waals surface area (Å²) >= 11 is 0. The molecule has 0 bridgehead atoms. The van der Waals surface area contributed by atoms with Crippen molar-refractivity contribution in [3.8, 4) is 5.69 Å². The first-order chi connectivity index (χ1) is 10.6. The number of nitrogens with zero attached hydrogens (tertiary/aromatic N) is 2. The fourth-order valence-electron chi connectivity index (χ4n) is 2.14. The standard InChI is InChI=1S/C16H15N3O2S/c20-22(21,13-14-6-2-1-3-7-14)18-15-8-4-9-16(12-15)19-11-5-10-17-19/h1-12,18H,13H2. The van der Waals surface area contributed by atoms with E-state index >= 15 is 0 Å². The maximum atomic E-state index is 12.2. The fraction of sp³-hybridized carbons (Fsp3) is 0.0625. The topological polar surface area (TPSA) is 64.0 Å². The highest BCUT2D eigenvalue weighted by molar-refractivity contribution is 7.91. The molecule has 0 atom stereocenters. The van der Waals surface area contributed by atoms with Gasteiger partial charge in [0.15, 0.2) is 0 Å². The van der Waals surface area contributed by atoms with Gasteiger partial charge in [-0.1, -0.05) is 36.4 Å². The van der Waals surface area contributed by atoms with Crippen LogP contribution in [0, 0.1) is 0 Å². The molecular weight excluding hydrogens is 298 g/mol. The Morgan fingerprint density at radius 1 is 1.00 bits per heavy atom. The van der Waals surface area contributed by atoms with Crippen molar-refractivity contribution in [2.75, 3.05) is 4.72 Å². The summed E-state index contributed by atoms with van der Waals surface area (Å²) in [5.74, 6) is -0.0557. The van der Waals surface area contributed by atoms with E-state index in [1.54, 1.807) is 47.4 Å². The number of hydrogen-bond acceptors (Lipinski definition) is 3. The van der Waals surface area contributed by atoms with E-state index in [4.69, 9.17) is 0 Å². The zero-order valence-electron chi connectivity index (χ0n) is 11.8. The molecule has 2 aromatic carbocycles. The Morgan fingerprint density at radius 2 is 1.82 bits per heavy atom. The van der Waals surface area contributed by atoms with Gasteiger partial charge in [0.05, 0.1) is 17.1 Å². The minimum absolute atomic E-state index is 0.0557. The Bertz CT molecular complexity index is 844. The van der Waals surface area contributed by atoms with Gasteiger partial charge in [-0.15, -0.1) is 0 Å². The maximum absolute atomic E-state index is 12.2. The molecule has 22 heavy (non-hydrogen) atoms. The van der Waals surface area contributed by atoms with Gasteiger partial charge < -0.3 is 0 Å². The van der Waals surface area contributed by atoms with Crippen LogP contribution in [-0.2, 0) is 15.8 Å². The Labute approximate surface area is 129 Å². The van der Waals surface area contributed by atoms with Crippen LogP contribution in [0.1, 0.15) is 5.56 Å². The van der Waals surface area contributed by atoms with E-state index in [1.165, 1.54) is 0 Å². The molecule has 0 amide bonds. The third-order valence-electron chi connectivity index (χ3n) is 3.09. The van der Waals surface area contributed by atoms with Gasteiger partial charge >= 0.3 is 0 Å². The van der Waals surface area contributed by atoms with Gasteiger partial charge in [0.2, 0.25) is 10.0 Å². The minimum Gasteiger partial charge on any atom is -0.283 e. The zero-order valence-corrected chi connectivity index (χ0v) is 12.6. The smallest absolute Gasteiger partial charge is 0.236 e. The zero-order chi connectivity index (χ0) is 15.4. The molecule has 0 radical (unpaired) electrons. The number of aromatic nitrogens is 2. The normalized spacial score (nSPS) is 11.3. The summed E-state index contributed by atoms with van der Waals surface area (Å²) < 4.78 is 28.7. The van der Waals surface area contributed by atoms with Crippen LogP contribution in [-0.4, -0.2) is 18.2 Å². The van der Waals surface area contributed by atoms with Crippen LogP contribution in [0.25, 0.3) is 5.69 Å². The third-order valence-corrected chi connectivity index (χ3v) is 4.35. The molecule has 5 nitrogen and oxygen atoms in total. The van der Waals surface area contributed by atoms with Crippen LogP contribution in [0.15, 0.2) is 73.1 Å². The predicted molar refractivity (Wildman–Crippen MR) is 86.3 cm³/mol. The van der Waals surface area contributed by atoms with Crippen LogP contribution in [0.3, 0.4) is 0 Å². The largest absolute Gasteiger partial charge is 0.283 e. The molecule has 0 unspecified atom stereocenters. The Hall–Kier alpha value is -2.60. The van der Waals surface area contributed by atoms with Gasteiger partial charge in [0, 0.05) is 12.4 Å². The second-order valence-corrected chi connectivity index (χ2v) is 6.57. The number of benzene rings is 2. The summed E-state index contributed by atoms with van der Waals surface area (Å²) in [6.07, 6.45) is 3.48. The van der Waals surface area contributed by atoms with Crippen molar-refractivity contribution in [3.05, 3.63) is 78.6 Å². The number of anilines is 1. The molecule has 0 fully saturated rings. The lowest BCUT2D eigenvalue weighted by atomic mass is 10.2. The molecule has 6 heteroatoms. The monoisotopic (exact) mass is 313 g/mol. The molecule has 0 spiro atoms. The maximum Gasteiger partial charge on any atom is 0.236 e. The highest BCUT2D eigenvalue weighted by Gasteiger charge is 2.12. The van der Waals surface area contributed by atoms with Crippen LogP contribution in [0.4, 0.5) is 5.69 Å². The minimum atomic E-state index is -3.45. The van der Waals surface area contributed by atoms with E-state index in [0.717, 1.165) is 11.3 Å². The molecule has 0 aliphatic carbocycles. The first-order valence-electron chi connectivity index (χ1n) is 6.77. The lowest BCUT2D eigenvalue weighted by Gasteiger charge is -2.09. The SMILES string of the molecule is O=S(=O)(Cc1ccccc1)Nc1cccc(-n2cccn2)c1. The van der Waals surface area contributed by atoms with E-state index in [0.29, 0.717) is 5.69 Å². The lowest BCUT2D eigenvalue weighted by molar-refractivity contribution is 0.600. The van der Waals surface area contributed by atoms with E-state index in [2.05, 4.69) is 9.82 Å². The fourth-order valence-corrected chi connectivity index (χ4v) is 3.33. The number of rotatable bonds is 5. The Kier molecular flexibility index (Phi) is 3.93. The molecule has 0 saturated carbocycles. The van der Waals surface area contributed by atoms with Gasteiger partial charge in [-0.25, -0.2) is 13.1 Å². The second kappa shape index (κ2) is 6.03. The van der Waals surface area contributed by atoms with E-state index in [1.807, 2.05) is 30.3 Å². The van der Waals surface area contributed by atoms with Gasteiger partial charge in [0.25, 0.3) is 0 Å². The first-order valence-corrected chi connectivity index (χ1v) is 8.42. The highest BCUT2D eigenvalue weighted by atomic mass is 32.2. The Morgan fingerprint density at radius 3 is 2.55 bits per heavy atom. The summed E-state index contributed by atoms with van der Waals surface area (Å²) in [4.78, 5) is 0. The molecular formula is C16H15N3O2S. The molecule has 112 valence electrons.